The number of halogens is 1. The quantitative estimate of drug-likeness (QED) is 0.228. The number of carbonyl (C=O) groups is 2. The Kier molecular flexibility index (Phi) is 6.13. The van der Waals surface area contributed by atoms with E-state index >= 15 is 0 Å². The second-order valence-corrected chi connectivity index (χ2v) is 9.60. The Hall–Kier alpha value is -4.88. The summed E-state index contributed by atoms with van der Waals surface area (Å²) in [6, 6.07) is 23.6. The molecule has 3 aromatic carbocycles. The van der Waals surface area contributed by atoms with Crippen LogP contribution in [0.2, 0.25) is 5.02 Å². The molecule has 0 fully saturated rings. The van der Waals surface area contributed by atoms with E-state index in [-0.39, 0.29) is 11.3 Å². The standard InChI is InChI=1S/C31H21ClN2O5/c1-18-4-2-6-24(14-18)38-23-10-8-22(9-11-23)34-28(19-5-3-13-33-17-19)27(30(36)31(34)37)29(35)26-16-20-15-21(32)7-12-25(20)39-26/h2-17,28,36H,1H3. The number of hydrogen-bond donors (Lipinski definition) is 1. The Bertz CT molecular complexity index is 1760. The highest BCUT2D eigenvalue weighted by atomic mass is 35.5. The summed E-state index contributed by atoms with van der Waals surface area (Å²) in [5.74, 6) is -0.717. The summed E-state index contributed by atoms with van der Waals surface area (Å²) >= 11 is 6.09. The average Bonchev–Trinajstić information content (AvgIpc) is 3.47. The first-order valence-electron chi connectivity index (χ1n) is 12.1. The molecule has 8 heteroatoms. The zero-order chi connectivity index (χ0) is 27.1. The number of rotatable bonds is 6. The molecule has 2 aromatic heterocycles. The Morgan fingerprint density at radius 3 is 2.56 bits per heavy atom. The van der Waals surface area contributed by atoms with Crippen molar-refractivity contribution in [3.8, 4) is 11.5 Å². The van der Waals surface area contributed by atoms with Crippen LogP contribution in [0.4, 0.5) is 5.69 Å². The van der Waals surface area contributed by atoms with Gasteiger partial charge >= 0.3 is 0 Å². The van der Waals surface area contributed by atoms with Gasteiger partial charge in [0.15, 0.2) is 11.5 Å². The number of aryl methyl sites for hydroxylation is 1. The van der Waals surface area contributed by atoms with Gasteiger partial charge in [0.1, 0.15) is 17.1 Å². The Morgan fingerprint density at radius 2 is 1.82 bits per heavy atom. The summed E-state index contributed by atoms with van der Waals surface area (Å²) < 4.78 is 11.7. The van der Waals surface area contributed by atoms with E-state index in [0.717, 1.165) is 5.56 Å². The van der Waals surface area contributed by atoms with Crippen molar-refractivity contribution >= 4 is 39.9 Å². The molecule has 6 rings (SSSR count). The van der Waals surface area contributed by atoms with Gasteiger partial charge in [-0.25, -0.2) is 0 Å². The van der Waals surface area contributed by atoms with E-state index in [2.05, 4.69) is 4.98 Å². The van der Waals surface area contributed by atoms with E-state index in [4.69, 9.17) is 20.8 Å². The summed E-state index contributed by atoms with van der Waals surface area (Å²) in [6.45, 7) is 1.98. The van der Waals surface area contributed by atoms with Crippen LogP contribution in [-0.4, -0.2) is 21.8 Å². The minimum atomic E-state index is -0.931. The summed E-state index contributed by atoms with van der Waals surface area (Å²) in [4.78, 5) is 32.7. The molecule has 0 saturated carbocycles. The normalized spacial score (nSPS) is 15.3. The summed E-state index contributed by atoms with van der Waals surface area (Å²) in [6.07, 6.45) is 3.15. The van der Waals surface area contributed by atoms with Crippen LogP contribution in [0.25, 0.3) is 11.0 Å². The molecular weight excluding hydrogens is 516 g/mol. The van der Waals surface area contributed by atoms with Crippen LogP contribution in [-0.2, 0) is 4.79 Å². The number of pyridine rings is 1. The smallest absolute Gasteiger partial charge is 0.294 e. The number of carbonyl (C=O) groups excluding carboxylic acids is 2. The number of hydrogen-bond acceptors (Lipinski definition) is 6. The topological polar surface area (TPSA) is 92.9 Å². The predicted octanol–water partition coefficient (Wildman–Crippen LogP) is 7.36. The second-order valence-electron chi connectivity index (χ2n) is 9.16. The van der Waals surface area contributed by atoms with Crippen molar-refractivity contribution < 1.29 is 23.8 Å². The first-order valence-corrected chi connectivity index (χ1v) is 12.5. The predicted molar refractivity (Wildman–Crippen MR) is 147 cm³/mol. The Balaban J connectivity index is 1.38. The fourth-order valence-corrected chi connectivity index (χ4v) is 4.89. The van der Waals surface area contributed by atoms with Crippen molar-refractivity contribution in [3.05, 3.63) is 131 Å². The zero-order valence-electron chi connectivity index (χ0n) is 20.7. The first-order chi connectivity index (χ1) is 18.9. The molecule has 0 aliphatic carbocycles. The van der Waals surface area contributed by atoms with Crippen LogP contribution in [0.1, 0.15) is 27.7 Å². The van der Waals surface area contributed by atoms with Crippen molar-refractivity contribution in [2.24, 2.45) is 0 Å². The van der Waals surface area contributed by atoms with Crippen molar-refractivity contribution in [1.82, 2.24) is 4.98 Å². The van der Waals surface area contributed by atoms with Gasteiger partial charge in [-0.2, -0.15) is 0 Å². The molecule has 7 nitrogen and oxygen atoms in total. The van der Waals surface area contributed by atoms with Crippen LogP contribution in [0.15, 0.2) is 113 Å². The lowest BCUT2D eigenvalue weighted by molar-refractivity contribution is -0.117. The molecule has 1 aliphatic rings. The van der Waals surface area contributed by atoms with Gasteiger partial charge in [-0.15, -0.1) is 0 Å². The zero-order valence-corrected chi connectivity index (χ0v) is 21.4. The average molecular weight is 537 g/mol. The number of nitrogens with zero attached hydrogens (tertiary/aromatic N) is 2. The molecule has 1 N–H and O–H groups in total. The van der Waals surface area contributed by atoms with Crippen molar-refractivity contribution in [3.63, 3.8) is 0 Å². The maximum absolute atomic E-state index is 13.7. The number of aliphatic hydroxyl groups excluding tert-OH is 1. The van der Waals surface area contributed by atoms with Crippen LogP contribution < -0.4 is 9.64 Å². The van der Waals surface area contributed by atoms with Crippen LogP contribution in [0, 0.1) is 6.92 Å². The minimum absolute atomic E-state index is 0.0146. The van der Waals surface area contributed by atoms with E-state index in [1.54, 1.807) is 73.1 Å². The number of aromatic nitrogens is 1. The van der Waals surface area contributed by atoms with Crippen LogP contribution >= 0.6 is 11.6 Å². The van der Waals surface area contributed by atoms with E-state index < -0.39 is 23.5 Å². The number of amides is 1. The van der Waals surface area contributed by atoms with Gasteiger partial charge in [0, 0.05) is 28.5 Å². The second kappa shape index (κ2) is 9.78. The van der Waals surface area contributed by atoms with Gasteiger partial charge < -0.3 is 14.3 Å². The number of benzene rings is 3. The fraction of sp³-hybridized carbons (Fsp3) is 0.0645. The highest BCUT2D eigenvalue weighted by molar-refractivity contribution is 6.31. The lowest BCUT2D eigenvalue weighted by Gasteiger charge is -2.26. The van der Waals surface area contributed by atoms with E-state index in [1.807, 2.05) is 31.2 Å². The molecule has 0 saturated heterocycles. The molecular formula is C31H21ClN2O5. The molecule has 0 spiro atoms. The third kappa shape index (κ3) is 4.53. The SMILES string of the molecule is Cc1cccc(Oc2ccc(N3C(=O)C(O)=C(C(=O)c4cc5cc(Cl)ccc5o4)C3c3cccnc3)cc2)c1. The number of Topliss-reactive ketones (excluding diaryl/α,β-unsaturated/α-hetero) is 1. The Morgan fingerprint density at radius 1 is 1.00 bits per heavy atom. The molecule has 1 unspecified atom stereocenters. The van der Waals surface area contributed by atoms with Crippen LogP contribution in [0.5, 0.6) is 11.5 Å². The maximum Gasteiger partial charge on any atom is 0.294 e. The highest BCUT2D eigenvalue weighted by Gasteiger charge is 2.45. The molecule has 1 aliphatic heterocycles. The van der Waals surface area contributed by atoms with E-state index in [0.29, 0.717) is 38.7 Å². The van der Waals surface area contributed by atoms with E-state index in [1.165, 1.54) is 4.90 Å². The molecule has 192 valence electrons. The third-order valence-electron chi connectivity index (χ3n) is 6.50. The summed E-state index contributed by atoms with van der Waals surface area (Å²) in [5, 5.41) is 12.1. The monoisotopic (exact) mass is 536 g/mol. The van der Waals surface area contributed by atoms with Gasteiger partial charge in [0.05, 0.1) is 11.6 Å². The number of ether oxygens (including phenoxy) is 1. The Labute approximate surface area is 228 Å². The maximum atomic E-state index is 13.7. The fourth-order valence-electron chi connectivity index (χ4n) is 4.71. The molecule has 1 amide bonds. The molecule has 0 radical (unpaired) electrons. The first kappa shape index (κ1) is 24.5. The van der Waals surface area contributed by atoms with Gasteiger partial charge in [0.25, 0.3) is 5.91 Å². The number of ketones is 1. The molecule has 5 aromatic rings. The van der Waals surface area contributed by atoms with Crippen molar-refractivity contribution in [2.45, 2.75) is 13.0 Å². The van der Waals surface area contributed by atoms with E-state index in [9.17, 15) is 14.7 Å². The lowest BCUT2D eigenvalue weighted by atomic mass is 9.96. The van der Waals surface area contributed by atoms with Crippen molar-refractivity contribution in [2.75, 3.05) is 4.90 Å². The number of anilines is 1. The van der Waals surface area contributed by atoms with Gasteiger partial charge in [0.2, 0.25) is 5.78 Å². The number of fused-ring (bicyclic) bond motifs is 1. The van der Waals surface area contributed by atoms with Gasteiger partial charge in [-0.1, -0.05) is 29.8 Å². The summed E-state index contributed by atoms with van der Waals surface area (Å²) in [5.41, 5.74) is 2.45. The van der Waals surface area contributed by atoms with Crippen molar-refractivity contribution in [1.29, 1.82) is 0 Å². The van der Waals surface area contributed by atoms with Gasteiger partial charge in [-0.3, -0.25) is 19.5 Å². The third-order valence-corrected chi connectivity index (χ3v) is 6.73. The van der Waals surface area contributed by atoms with Crippen LogP contribution in [0.3, 0.4) is 0 Å². The molecule has 39 heavy (non-hydrogen) atoms. The highest BCUT2D eigenvalue weighted by Crippen LogP contribution is 2.42. The molecule has 3 heterocycles. The largest absolute Gasteiger partial charge is 0.503 e. The minimum Gasteiger partial charge on any atom is -0.503 e. The number of furan rings is 1. The summed E-state index contributed by atoms with van der Waals surface area (Å²) in [7, 11) is 0. The van der Waals surface area contributed by atoms with Gasteiger partial charge in [-0.05, 0) is 84.8 Å². The lowest BCUT2D eigenvalue weighted by Crippen LogP contribution is -2.31. The molecule has 0 bridgehead atoms. The number of aliphatic hydroxyl groups is 1. The molecule has 1 atom stereocenters.